The first-order chi connectivity index (χ1) is 9.90. The fourth-order valence-electron chi connectivity index (χ4n) is 1.74. The minimum atomic E-state index is -1.26. The minimum absolute atomic E-state index is 0.0651. The number of nitrogens with zero attached hydrogens (tertiary/aromatic N) is 2. The highest BCUT2D eigenvalue weighted by Gasteiger charge is 2.28. The normalized spacial score (nSPS) is 14.1. The van der Waals surface area contributed by atoms with Crippen molar-refractivity contribution in [3.63, 3.8) is 0 Å². The zero-order valence-corrected chi connectivity index (χ0v) is 11.7. The third-order valence-electron chi connectivity index (χ3n) is 2.69. The van der Waals surface area contributed by atoms with Crippen molar-refractivity contribution >= 4 is 29.7 Å². The predicted octanol–water partition coefficient (Wildman–Crippen LogP) is -0.153. The van der Waals surface area contributed by atoms with Crippen LogP contribution < -0.4 is 5.69 Å². The third kappa shape index (κ3) is 3.21. The molecule has 1 saturated heterocycles. The van der Waals surface area contributed by atoms with Gasteiger partial charge in [-0.2, -0.15) is 4.98 Å². The van der Waals surface area contributed by atoms with Crippen molar-refractivity contribution in [1.82, 2.24) is 14.9 Å². The maximum atomic E-state index is 11.8. The number of carbonyl (C=O) groups is 3. The molecule has 0 spiro atoms. The molecule has 0 unspecified atom stereocenters. The van der Waals surface area contributed by atoms with Crippen LogP contribution in [0.2, 0.25) is 0 Å². The molecule has 0 bridgehead atoms. The van der Waals surface area contributed by atoms with Crippen LogP contribution in [0.5, 0.6) is 0 Å². The fraction of sp³-hybridized carbons (Fsp3) is 0.364. The number of ether oxygens (including phenoxy) is 1. The number of aromatic amines is 1. The van der Waals surface area contributed by atoms with E-state index >= 15 is 0 Å². The summed E-state index contributed by atoms with van der Waals surface area (Å²) in [5, 5.41) is 9.05. The number of hydrogen-bond donors (Lipinski definition) is 2. The van der Waals surface area contributed by atoms with Crippen molar-refractivity contribution in [3.05, 3.63) is 21.7 Å². The molecule has 2 amide bonds. The number of cyclic esters (lactones) is 1. The lowest BCUT2D eigenvalue weighted by Gasteiger charge is -2.11. The van der Waals surface area contributed by atoms with Crippen LogP contribution in [-0.2, 0) is 9.53 Å². The molecule has 0 atom stereocenters. The molecule has 0 aliphatic carbocycles. The lowest BCUT2D eigenvalue weighted by molar-refractivity contribution is -0.125. The summed E-state index contributed by atoms with van der Waals surface area (Å²) >= 11 is 0.790. The Hall–Kier alpha value is -2.36. The van der Waals surface area contributed by atoms with E-state index < -0.39 is 23.7 Å². The second-order valence-electron chi connectivity index (χ2n) is 4.10. The molecule has 2 heterocycles. The first-order valence-electron chi connectivity index (χ1n) is 5.84. The Balaban J connectivity index is 2.16. The van der Waals surface area contributed by atoms with Gasteiger partial charge in [0.15, 0.2) is 0 Å². The average Bonchev–Trinajstić information content (AvgIpc) is 2.81. The van der Waals surface area contributed by atoms with E-state index in [4.69, 9.17) is 5.11 Å². The second-order valence-corrected chi connectivity index (χ2v) is 5.06. The highest BCUT2D eigenvalue weighted by molar-refractivity contribution is 8.00. The molecule has 0 radical (unpaired) electrons. The molecule has 1 fully saturated rings. The number of aromatic nitrogens is 2. The Bertz CT molecular complexity index is 670. The summed E-state index contributed by atoms with van der Waals surface area (Å²) in [6.45, 7) is 1.72. The number of amides is 2. The van der Waals surface area contributed by atoms with Gasteiger partial charge in [-0.3, -0.25) is 4.79 Å². The van der Waals surface area contributed by atoms with Crippen LogP contribution in [0.1, 0.15) is 16.1 Å². The number of carboxylic acids is 1. The van der Waals surface area contributed by atoms with Crippen LogP contribution in [0.15, 0.2) is 9.82 Å². The van der Waals surface area contributed by atoms with Crippen LogP contribution in [0.4, 0.5) is 4.79 Å². The van der Waals surface area contributed by atoms with E-state index in [0.717, 1.165) is 16.7 Å². The van der Waals surface area contributed by atoms with E-state index in [2.05, 4.69) is 14.7 Å². The molecule has 1 aromatic rings. The number of carbonyl (C=O) groups excluding carboxylic acids is 2. The Morgan fingerprint density at radius 2 is 2.19 bits per heavy atom. The number of rotatable bonds is 4. The fourth-order valence-corrected chi connectivity index (χ4v) is 2.69. The number of H-pyrrole nitrogens is 1. The van der Waals surface area contributed by atoms with Crippen LogP contribution >= 0.6 is 11.8 Å². The van der Waals surface area contributed by atoms with E-state index in [1.54, 1.807) is 0 Å². The highest BCUT2D eigenvalue weighted by Crippen LogP contribution is 2.21. The molecular weight excluding hydrogens is 302 g/mol. The lowest BCUT2D eigenvalue weighted by Crippen LogP contribution is -2.33. The van der Waals surface area contributed by atoms with Crippen molar-refractivity contribution < 1.29 is 24.2 Å². The molecule has 2 rings (SSSR count). The summed E-state index contributed by atoms with van der Waals surface area (Å²) in [6.07, 6.45) is -0.728. The Labute approximate surface area is 122 Å². The number of aromatic carboxylic acids is 1. The molecule has 1 aromatic heterocycles. The number of hydrogen-bond acceptors (Lipinski definition) is 7. The SMILES string of the molecule is Cc1[nH]c(=O)nc(SCC(=O)N2CCOC2=O)c1C(=O)O. The first kappa shape index (κ1) is 15.0. The van der Waals surface area contributed by atoms with Crippen molar-refractivity contribution in [2.24, 2.45) is 0 Å². The van der Waals surface area contributed by atoms with Gasteiger partial charge < -0.3 is 14.8 Å². The number of carboxylic acid groups (broad SMARTS) is 1. The minimum Gasteiger partial charge on any atom is -0.478 e. The van der Waals surface area contributed by atoms with Gasteiger partial charge >= 0.3 is 17.8 Å². The predicted molar refractivity (Wildman–Crippen MR) is 70.3 cm³/mol. The second kappa shape index (κ2) is 5.95. The Morgan fingerprint density at radius 1 is 1.48 bits per heavy atom. The van der Waals surface area contributed by atoms with Gasteiger partial charge in [0.2, 0.25) is 5.91 Å². The molecule has 2 N–H and O–H groups in total. The van der Waals surface area contributed by atoms with Gasteiger partial charge in [0.1, 0.15) is 17.2 Å². The molecule has 112 valence electrons. The standard InChI is InChI=1S/C11H11N3O6S/c1-5-7(9(16)17)8(13-10(18)12-5)21-4-6(15)14-2-3-20-11(14)19/h2-4H2,1H3,(H,16,17)(H,12,13,18). The van der Waals surface area contributed by atoms with E-state index in [0.29, 0.717) is 0 Å². The molecular formula is C11H11N3O6S. The van der Waals surface area contributed by atoms with Gasteiger partial charge in [-0.1, -0.05) is 11.8 Å². The molecule has 10 heteroatoms. The first-order valence-corrected chi connectivity index (χ1v) is 6.83. The van der Waals surface area contributed by atoms with Gasteiger partial charge in [-0.25, -0.2) is 19.3 Å². The zero-order valence-electron chi connectivity index (χ0n) is 10.9. The quantitative estimate of drug-likeness (QED) is 0.579. The van der Waals surface area contributed by atoms with Gasteiger partial charge in [0.05, 0.1) is 12.3 Å². The maximum absolute atomic E-state index is 11.8. The Kier molecular flexibility index (Phi) is 4.26. The lowest BCUT2D eigenvalue weighted by atomic mass is 10.2. The van der Waals surface area contributed by atoms with Gasteiger partial charge in [-0.15, -0.1) is 0 Å². The zero-order chi connectivity index (χ0) is 15.6. The van der Waals surface area contributed by atoms with Gasteiger partial charge in [0.25, 0.3) is 0 Å². The summed E-state index contributed by atoms with van der Waals surface area (Å²) in [4.78, 5) is 52.3. The van der Waals surface area contributed by atoms with Crippen molar-refractivity contribution in [3.8, 4) is 0 Å². The average molecular weight is 313 g/mol. The molecule has 1 aliphatic rings. The van der Waals surface area contributed by atoms with E-state index in [9.17, 15) is 19.2 Å². The molecule has 0 saturated carbocycles. The topological polar surface area (TPSA) is 130 Å². The van der Waals surface area contributed by atoms with Crippen molar-refractivity contribution in [1.29, 1.82) is 0 Å². The summed E-state index contributed by atoms with van der Waals surface area (Å²) in [5.41, 5.74) is -0.720. The summed E-state index contributed by atoms with van der Waals surface area (Å²) < 4.78 is 4.63. The van der Waals surface area contributed by atoms with Crippen LogP contribution in [-0.4, -0.2) is 56.8 Å². The number of thioether (sulfide) groups is 1. The van der Waals surface area contributed by atoms with Crippen LogP contribution in [0, 0.1) is 6.92 Å². The molecule has 0 aromatic carbocycles. The van der Waals surface area contributed by atoms with E-state index in [1.165, 1.54) is 6.92 Å². The van der Waals surface area contributed by atoms with Crippen molar-refractivity contribution in [2.75, 3.05) is 18.9 Å². The summed E-state index contributed by atoms with van der Waals surface area (Å²) in [6, 6.07) is 0. The summed E-state index contributed by atoms with van der Waals surface area (Å²) in [5.74, 6) is -2.00. The van der Waals surface area contributed by atoms with E-state index in [1.807, 2.05) is 0 Å². The summed E-state index contributed by atoms with van der Waals surface area (Å²) in [7, 11) is 0. The highest BCUT2D eigenvalue weighted by atomic mass is 32.2. The van der Waals surface area contributed by atoms with Crippen LogP contribution in [0.25, 0.3) is 0 Å². The number of nitrogens with one attached hydrogen (secondary N) is 1. The van der Waals surface area contributed by atoms with Crippen LogP contribution in [0.3, 0.4) is 0 Å². The smallest absolute Gasteiger partial charge is 0.416 e. The number of imide groups is 1. The Morgan fingerprint density at radius 3 is 2.76 bits per heavy atom. The molecule has 9 nitrogen and oxygen atoms in total. The van der Waals surface area contributed by atoms with Crippen molar-refractivity contribution in [2.45, 2.75) is 11.9 Å². The molecule has 1 aliphatic heterocycles. The largest absolute Gasteiger partial charge is 0.478 e. The monoisotopic (exact) mass is 313 g/mol. The van der Waals surface area contributed by atoms with Gasteiger partial charge in [0, 0.05) is 5.69 Å². The third-order valence-corrected chi connectivity index (χ3v) is 3.65. The number of aryl methyl sites for hydroxylation is 1. The van der Waals surface area contributed by atoms with E-state index in [-0.39, 0.29) is 35.2 Å². The maximum Gasteiger partial charge on any atom is 0.416 e. The molecule has 21 heavy (non-hydrogen) atoms. The van der Waals surface area contributed by atoms with Gasteiger partial charge in [-0.05, 0) is 6.92 Å².